The van der Waals surface area contributed by atoms with Crippen molar-refractivity contribution >= 4 is 39.1 Å². The highest BCUT2D eigenvalue weighted by Crippen LogP contribution is 2.34. The normalized spacial score (nSPS) is 17.2. The number of methoxy groups -OCH3 is 1. The molecule has 25 heavy (non-hydrogen) atoms. The van der Waals surface area contributed by atoms with Gasteiger partial charge in [0.05, 0.1) is 17.7 Å². The van der Waals surface area contributed by atoms with Crippen LogP contribution in [0.4, 0.5) is 11.4 Å². The number of fused-ring (bicyclic) bond motifs is 1. The van der Waals surface area contributed by atoms with Gasteiger partial charge in [0, 0.05) is 22.3 Å². The third kappa shape index (κ3) is 3.91. The highest BCUT2D eigenvalue weighted by Gasteiger charge is 2.23. The van der Waals surface area contributed by atoms with Gasteiger partial charge in [-0.05, 0) is 42.5 Å². The van der Waals surface area contributed by atoms with Crippen LogP contribution < -0.4 is 14.8 Å². The van der Waals surface area contributed by atoms with Crippen LogP contribution in [-0.2, 0) is 14.8 Å². The number of nitrogens with one attached hydrogen (secondary N) is 2. The van der Waals surface area contributed by atoms with Gasteiger partial charge in [-0.2, -0.15) is 0 Å². The molecule has 0 saturated heterocycles. The lowest BCUT2D eigenvalue weighted by atomic mass is 10.2. The van der Waals surface area contributed by atoms with Gasteiger partial charge in [-0.3, -0.25) is 9.52 Å². The molecule has 0 radical (unpaired) electrons. The summed E-state index contributed by atoms with van der Waals surface area (Å²) in [6, 6.07) is 11.4. The first-order valence-corrected chi connectivity index (χ1v) is 10.1. The molecule has 1 heterocycles. The Morgan fingerprint density at radius 1 is 1.20 bits per heavy atom. The number of hydrogen-bond acceptors (Lipinski definition) is 5. The molecule has 3 rings (SSSR count). The number of carbonyl (C=O) groups excluding carboxylic acids is 1. The third-order valence-corrected chi connectivity index (χ3v) is 6.51. The van der Waals surface area contributed by atoms with E-state index >= 15 is 0 Å². The molecule has 2 aromatic rings. The Bertz CT molecular complexity index is 895. The summed E-state index contributed by atoms with van der Waals surface area (Å²) in [7, 11) is -2.22. The summed E-state index contributed by atoms with van der Waals surface area (Å²) in [5.41, 5.74) is 0.958. The molecule has 2 aromatic carbocycles. The summed E-state index contributed by atoms with van der Waals surface area (Å²) in [5, 5.41) is 2.80. The quantitative estimate of drug-likeness (QED) is 0.854. The Balaban J connectivity index is 1.87. The highest BCUT2D eigenvalue weighted by molar-refractivity contribution is 7.99. The number of hydrogen-bond donors (Lipinski definition) is 2. The molecular formula is C17H18N2O4S2. The zero-order valence-corrected chi connectivity index (χ0v) is 15.4. The number of ether oxygens (including phenoxy) is 1. The second kappa shape index (κ2) is 6.97. The van der Waals surface area contributed by atoms with E-state index in [0.717, 1.165) is 4.90 Å². The van der Waals surface area contributed by atoms with E-state index in [-0.39, 0.29) is 16.7 Å². The van der Waals surface area contributed by atoms with Crippen molar-refractivity contribution in [2.75, 3.05) is 22.9 Å². The van der Waals surface area contributed by atoms with E-state index < -0.39 is 10.0 Å². The van der Waals surface area contributed by atoms with Crippen molar-refractivity contribution in [3.05, 3.63) is 42.5 Å². The van der Waals surface area contributed by atoms with Gasteiger partial charge in [-0.25, -0.2) is 8.42 Å². The molecule has 0 spiro atoms. The molecule has 1 aliphatic rings. The molecule has 132 valence electrons. The minimum absolute atomic E-state index is 0.0949. The average Bonchev–Trinajstić information content (AvgIpc) is 2.74. The predicted molar refractivity (Wildman–Crippen MR) is 98.8 cm³/mol. The van der Waals surface area contributed by atoms with Crippen LogP contribution in [-0.4, -0.2) is 27.2 Å². The van der Waals surface area contributed by atoms with Gasteiger partial charge in [0.15, 0.2) is 0 Å². The lowest BCUT2D eigenvalue weighted by Crippen LogP contribution is -2.20. The van der Waals surface area contributed by atoms with Crippen LogP contribution in [0.5, 0.6) is 5.75 Å². The largest absolute Gasteiger partial charge is 0.497 e. The minimum atomic E-state index is -3.76. The van der Waals surface area contributed by atoms with Crippen molar-refractivity contribution in [3.8, 4) is 5.75 Å². The van der Waals surface area contributed by atoms with E-state index in [4.69, 9.17) is 4.74 Å². The van der Waals surface area contributed by atoms with Crippen LogP contribution in [0.1, 0.15) is 6.92 Å². The molecule has 8 heteroatoms. The van der Waals surface area contributed by atoms with Gasteiger partial charge in [-0.1, -0.05) is 6.92 Å². The molecule has 1 amide bonds. The fourth-order valence-electron chi connectivity index (χ4n) is 2.32. The van der Waals surface area contributed by atoms with Crippen LogP contribution in [0.25, 0.3) is 0 Å². The topological polar surface area (TPSA) is 84.5 Å². The first kappa shape index (κ1) is 17.6. The van der Waals surface area contributed by atoms with Crippen LogP contribution in [0.3, 0.4) is 0 Å². The maximum absolute atomic E-state index is 12.6. The van der Waals surface area contributed by atoms with E-state index in [2.05, 4.69) is 10.0 Å². The van der Waals surface area contributed by atoms with Crippen LogP contribution in [0.2, 0.25) is 0 Å². The number of benzene rings is 2. The van der Waals surface area contributed by atoms with E-state index in [1.165, 1.54) is 17.8 Å². The second-order valence-electron chi connectivity index (χ2n) is 5.69. The van der Waals surface area contributed by atoms with Crippen LogP contribution in [0.15, 0.2) is 52.3 Å². The maximum atomic E-state index is 12.6. The van der Waals surface area contributed by atoms with E-state index in [1.54, 1.807) is 43.5 Å². The summed E-state index contributed by atoms with van der Waals surface area (Å²) >= 11 is 1.54. The highest BCUT2D eigenvalue weighted by atomic mass is 32.2. The van der Waals surface area contributed by atoms with Crippen LogP contribution >= 0.6 is 11.8 Å². The lowest BCUT2D eigenvalue weighted by molar-refractivity contribution is -0.118. The van der Waals surface area contributed by atoms with Gasteiger partial charge >= 0.3 is 0 Å². The Kier molecular flexibility index (Phi) is 4.91. The molecule has 0 fully saturated rings. The summed E-state index contributed by atoms with van der Waals surface area (Å²) in [4.78, 5) is 12.9. The van der Waals surface area contributed by atoms with Crippen molar-refractivity contribution in [2.45, 2.75) is 16.7 Å². The smallest absolute Gasteiger partial charge is 0.261 e. The third-order valence-electron chi connectivity index (χ3n) is 3.80. The van der Waals surface area contributed by atoms with Crippen molar-refractivity contribution in [3.63, 3.8) is 0 Å². The SMILES string of the molecule is COc1ccc(NS(=O)(=O)c2ccc3c(c2)NC(=O)C(C)CS3)cc1. The van der Waals surface area contributed by atoms with Crippen molar-refractivity contribution in [1.29, 1.82) is 0 Å². The fourth-order valence-corrected chi connectivity index (χ4v) is 4.41. The monoisotopic (exact) mass is 378 g/mol. The Morgan fingerprint density at radius 2 is 1.92 bits per heavy atom. The zero-order chi connectivity index (χ0) is 18.0. The van der Waals surface area contributed by atoms with Gasteiger partial charge in [-0.15, -0.1) is 11.8 Å². The molecular weight excluding hydrogens is 360 g/mol. The lowest BCUT2D eigenvalue weighted by Gasteiger charge is -2.12. The summed E-state index contributed by atoms with van der Waals surface area (Å²) < 4.78 is 32.8. The van der Waals surface area contributed by atoms with Gasteiger partial charge in [0.2, 0.25) is 5.91 Å². The van der Waals surface area contributed by atoms with Gasteiger partial charge in [0.25, 0.3) is 10.0 Å². The Hall–Kier alpha value is -2.19. The van der Waals surface area contributed by atoms with E-state index in [9.17, 15) is 13.2 Å². The molecule has 0 bridgehead atoms. The molecule has 6 nitrogen and oxygen atoms in total. The minimum Gasteiger partial charge on any atom is -0.497 e. The standard InChI is InChI=1S/C17H18N2O4S2/c1-11-10-24-16-8-7-14(9-15(16)18-17(11)20)25(21,22)19-12-3-5-13(23-2)6-4-12/h3-9,11,19H,10H2,1-2H3,(H,18,20). The predicted octanol–water partition coefficient (Wildman–Crippen LogP) is 3.18. The summed E-state index contributed by atoms with van der Waals surface area (Å²) in [6.45, 7) is 1.84. The molecule has 1 atom stereocenters. The average molecular weight is 378 g/mol. The number of thioether (sulfide) groups is 1. The van der Waals surface area contributed by atoms with Crippen molar-refractivity contribution < 1.29 is 17.9 Å². The molecule has 1 aliphatic heterocycles. The zero-order valence-electron chi connectivity index (χ0n) is 13.8. The van der Waals surface area contributed by atoms with Gasteiger partial charge < -0.3 is 10.1 Å². The summed E-state index contributed by atoms with van der Waals surface area (Å²) in [5.74, 6) is 1.07. The number of carbonyl (C=O) groups is 1. The molecule has 2 N–H and O–H groups in total. The molecule has 1 unspecified atom stereocenters. The van der Waals surface area contributed by atoms with E-state index in [0.29, 0.717) is 22.9 Å². The number of anilines is 2. The molecule has 0 aliphatic carbocycles. The molecule has 0 saturated carbocycles. The summed E-state index contributed by atoms with van der Waals surface area (Å²) in [6.07, 6.45) is 0. The van der Waals surface area contributed by atoms with Crippen LogP contribution in [0, 0.1) is 5.92 Å². The van der Waals surface area contributed by atoms with Crippen molar-refractivity contribution in [1.82, 2.24) is 0 Å². The Morgan fingerprint density at radius 3 is 2.60 bits per heavy atom. The van der Waals surface area contributed by atoms with Gasteiger partial charge in [0.1, 0.15) is 5.75 Å². The fraction of sp³-hybridized carbons (Fsp3) is 0.235. The van der Waals surface area contributed by atoms with E-state index in [1.807, 2.05) is 6.92 Å². The number of rotatable bonds is 4. The Labute approximate surface area is 151 Å². The first-order valence-electron chi connectivity index (χ1n) is 7.63. The number of sulfonamides is 1. The number of amides is 1. The second-order valence-corrected chi connectivity index (χ2v) is 8.44. The first-order chi connectivity index (χ1) is 11.9. The van der Waals surface area contributed by atoms with Crippen molar-refractivity contribution in [2.24, 2.45) is 5.92 Å². The maximum Gasteiger partial charge on any atom is 0.261 e. The molecule has 0 aromatic heterocycles.